The summed E-state index contributed by atoms with van der Waals surface area (Å²) in [4.78, 5) is 17.9. The molecule has 1 aliphatic heterocycles. The molecule has 0 radical (unpaired) electrons. The van der Waals surface area contributed by atoms with E-state index in [9.17, 15) is 9.90 Å². The molecule has 0 bridgehead atoms. The summed E-state index contributed by atoms with van der Waals surface area (Å²) in [6, 6.07) is 9.66. The molecule has 1 aliphatic rings. The van der Waals surface area contributed by atoms with E-state index in [0.29, 0.717) is 0 Å². The zero-order valence-electron chi connectivity index (χ0n) is 12.3. The predicted molar refractivity (Wildman–Crippen MR) is 82.4 cm³/mol. The zero-order chi connectivity index (χ0) is 15.0. The molecule has 0 aliphatic carbocycles. The van der Waals surface area contributed by atoms with Crippen LogP contribution in [0.25, 0.3) is 0 Å². The normalized spacial score (nSPS) is 13.9. The number of nitrogens with zero attached hydrogens (tertiary/aromatic N) is 2. The van der Waals surface area contributed by atoms with Crippen LogP contribution < -0.4 is 4.90 Å². The molecule has 1 N–H and O–H groups in total. The van der Waals surface area contributed by atoms with Crippen molar-refractivity contribution in [2.45, 2.75) is 26.7 Å². The fourth-order valence-corrected chi connectivity index (χ4v) is 2.88. The van der Waals surface area contributed by atoms with Crippen LogP contribution in [0.4, 0.5) is 11.5 Å². The standard InChI is InChI=1S/C17H18N2O2/c1-11-5-6-15-13(8-11)4-3-7-19(15)16-10-14(17(20)21)9-12(2)18-16/h5-6,8-10H,3-4,7H2,1-2H3,(H,20,21). The van der Waals surface area contributed by atoms with E-state index in [0.717, 1.165) is 36.6 Å². The number of rotatable bonds is 2. The van der Waals surface area contributed by atoms with Crippen molar-refractivity contribution < 1.29 is 9.90 Å². The molecule has 4 heteroatoms. The summed E-state index contributed by atoms with van der Waals surface area (Å²) in [7, 11) is 0. The second kappa shape index (κ2) is 5.20. The first-order valence-corrected chi connectivity index (χ1v) is 7.13. The molecular weight excluding hydrogens is 264 g/mol. The highest BCUT2D eigenvalue weighted by Gasteiger charge is 2.20. The van der Waals surface area contributed by atoms with Crippen molar-refractivity contribution in [1.29, 1.82) is 0 Å². The lowest BCUT2D eigenvalue weighted by Gasteiger charge is -2.31. The van der Waals surface area contributed by atoms with Gasteiger partial charge in [-0.3, -0.25) is 0 Å². The third kappa shape index (κ3) is 2.61. The highest BCUT2D eigenvalue weighted by atomic mass is 16.4. The molecule has 0 spiro atoms. The van der Waals surface area contributed by atoms with Crippen LogP contribution in [0.5, 0.6) is 0 Å². The minimum absolute atomic E-state index is 0.289. The number of aromatic carboxylic acids is 1. The van der Waals surface area contributed by atoms with Gasteiger partial charge in [0.25, 0.3) is 0 Å². The maximum atomic E-state index is 11.2. The number of aromatic nitrogens is 1. The van der Waals surface area contributed by atoms with Gasteiger partial charge in [0.1, 0.15) is 5.82 Å². The number of aryl methyl sites for hydroxylation is 3. The third-order valence-electron chi connectivity index (χ3n) is 3.82. The summed E-state index contributed by atoms with van der Waals surface area (Å²) in [6.07, 6.45) is 2.11. The van der Waals surface area contributed by atoms with Crippen molar-refractivity contribution >= 4 is 17.5 Å². The maximum Gasteiger partial charge on any atom is 0.335 e. The molecule has 0 fully saturated rings. The van der Waals surface area contributed by atoms with Crippen LogP contribution in [-0.2, 0) is 6.42 Å². The second-order valence-electron chi connectivity index (χ2n) is 5.55. The van der Waals surface area contributed by atoms with Gasteiger partial charge in [-0.15, -0.1) is 0 Å². The molecule has 0 amide bonds. The summed E-state index contributed by atoms with van der Waals surface area (Å²) in [5.41, 5.74) is 4.71. The van der Waals surface area contributed by atoms with Crippen molar-refractivity contribution in [3.63, 3.8) is 0 Å². The molecule has 0 saturated carbocycles. The van der Waals surface area contributed by atoms with Gasteiger partial charge in [-0.1, -0.05) is 17.7 Å². The van der Waals surface area contributed by atoms with Crippen molar-refractivity contribution in [1.82, 2.24) is 4.98 Å². The molecule has 108 valence electrons. The van der Waals surface area contributed by atoms with Gasteiger partial charge >= 0.3 is 5.97 Å². The van der Waals surface area contributed by atoms with Crippen LogP contribution in [0.2, 0.25) is 0 Å². The van der Waals surface area contributed by atoms with E-state index in [1.54, 1.807) is 12.1 Å². The fourth-order valence-electron chi connectivity index (χ4n) is 2.88. The van der Waals surface area contributed by atoms with E-state index in [4.69, 9.17) is 0 Å². The zero-order valence-corrected chi connectivity index (χ0v) is 12.3. The molecule has 21 heavy (non-hydrogen) atoms. The van der Waals surface area contributed by atoms with E-state index >= 15 is 0 Å². The Balaban J connectivity index is 2.08. The lowest BCUT2D eigenvalue weighted by atomic mass is 9.99. The number of carbonyl (C=O) groups is 1. The van der Waals surface area contributed by atoms with Crippen molar-refractivity contribution in [2.24, 2.45) is 0 Å². The van der Waals surface area contributed by atoms with Gasteiger partial charge in [-0.25, -0.2) is 9.78 Å². The topological polar surface area (TPSA) is 53.4 Å². The number of hydrogen-bond acceptors (Lipinski definition) is 3. The van der Waals surface area contributed by atoms with E-state index < -0.39 is 5.97 Å². The van der Waals surface area contributed by atoms with Crippen LogP contribution in [0, 0.1) is 13.8 Å². The maximum absolute atomic E-state index is 11.2. The Morgan fingerprint density at radius 3 is 2.81 bits per heavy atom. The average molecular weight is 282 g/mol. The molecule has 2 aromatic rings. The summed E-state index contributed by atoms with van der Waals surface area (Å²) in [6.45, 7) is 4.79. The largest absolute Gasteiger partial charge is 0.478 e. The molecule has 3 rings (SSSR count). The molecule has 4 nitrogen and oxygen atoms in total. The Hall–Kier alpha value is -2.36. The van der Waals surface area contributed by atoms with Gasteiger partial charge in [-0.05, 0) is 50.5 Å². The van der Waals surface area contributed by atoms with Crippen LogP contribution in [0.15, 0.2) is 30.3 Å². The number of fused-ring (bicyclic) bond motifs is 1. The number of hydrogen-bond donors (Lipinski definition) is 1. The number of benzene rings is 1. The van der Waals surface area contributed by atoms with Crippen molar-refractivity contribution in [3.05, 3.63) is 52.7 Å². The van der Waals surface area contributed by atoms with Crippen LogP contribution >= 0.6 is 0 Å². The number of carboxylic acids is 1. The first kappa shape index (κ1) is 13.6. The molecular formula is C17H18N2O2. The van der Waals surface area contributed by atoms with Crippen molar-refractivity contribution in [2.75, 3.05) is 11.4 Å². The third-order valence-corrected chi connectivity index (χ3v) is 3.82. The Kier molecular flexibility index (Phi) is 3.37. The minimum Gasteiger partial charge on any atom is -0.478 e. The smallest absolute Gasteiger partial charge is 0.335 e. The molecule has 0 saturated heterocycles. The van der Waals surface area contributed by atoms with Gasteiger partial charge in [0.2, 0.25) is 0 Å². The van der Waals surface area contributed by atoms with Gasteiger partial charge in [0, 0.05) is 17.9 Å². The van der Waals surface area contributed by atoms with Crippen LogP contribution in [0.3, 0.4) is 0 Å². The summed E-state index contributed by atoms with van der Waals surface area (Å²) < 4.78 is 0. The first-order valence-electron chi connectivity index (χ1n) is 7.13. The highest BCUT2D eigenvalue weighted by molar-refractivity contribution is 5.89. The average Bonchev–Trinajstić information content (AvgIpc) is 2.45. The van der Waals surface area contributed by atoms with E-state index in [-0.39, 0.29) is 5.56 Å². The molecule has 0 atom stereocenters. The van der Waals surface area contributed by atoms with Crippen LogP contribution in [0.1, 0.15) is 33.6 Å². The Morgan fingerprint density at radius 1 is 1.24 bits per heavy atom. The van der Waals surface area contributed by atoms with E-state index in [2.05, 4.69) is 35.0 Å². The first-order chi connectivity index (χ1) is 10.0. The monoisotopic (exact) mass is 282 g/mol. The Morgan fingerprint density at radius 2 is 2.05 bits per heavy atom. The molecule has 1 aromatic carbocycles. The summed E-state index contributed by atoms with van der Waals surface area (Å²) in [5, 5.41) is 9.22. The predicted octanol–water partition coefficient (Wildman–Crippen LogP) is 3.48. The van der Waals surface area contributed by atoms with Gasteiger partial charge in [0.15, 0.2) is 0 Å². The summed E-state index contributed by atoms with van der Waals surface area (Å²) in [5.74, 6) is -0.194. The molecule has 0 unspecified atom stereocenters. The number of pyridine rings is 1. The lowest BCUT2D eigenvalue weighted by molar-refractivity contribution is 0.0696. The number of carboxylic acid groups (broad SMARTS) is 1. The quantitative estimate of drug-likeness (QED) is 0.916. The van der Waals surface area contributed by atoms with E-state index in [1.807, 2.05) is 6.92 Å². The van der Waals surface area contributed by atoms with Crippen LogP contribution in [-0.4, -0.2) is 22.6 Å². The fraction of sp³-hybridized carbons (Fsp3) is 0.294. The number of anilines is 2. The van der Waals surface area contributed by atoms with Gasteiger partial charge in [-0.2, -0.15) is 0 Å². The van der Waals surface area contributed by atoms with E-state index in [1.165, 1.54) is 11.1 Å². The second-order valence-corrected chi connectivity index (χ2v) is 5.55. The Bertz CT molecular complexity index is 710. The lowest BCUT2D eigenvalue weighted by Crippen LogP contribution is -2.25. The molecule has 2 heterocycles. The van der Waals surface area contributed by atoms with Crippen molar-refractivity contribution in [3.8, 4) is 0 Å². The summed E-state index contributed by atoms with van der Waals surface area (Å²) >= 11 is 0. The van der Waals surface area contributed by atoms with Gasteiger partial charge in [0.05, 0.1) is 5.56 Å². The highest BCUT2D eigenvalue weighted by Crippen LogP contribution is 2.33. The van der Waals surface area contributed by atoms with Gasteiger partial charge < -0.3 is 10.0 Å². The SMILES string of the molecule is Cc1ccc2c(c1)CCCN2c1cc(C(=O)O)cc(C)n1. The minimum atomic E-state index is -0.914. The Labute approximate surface area is 124 Å². The molecule has 1 aromatic heterocycles.